The third-order valence-corrected chi connectivity index (χ3v) is 5.00. The van der Waals surface area contributed by atoms with E-state index in [2.05, 4.69) is 21.3 Å². The van der Waals surface area contributed by atoms with Gasteiger partial charge in [0.1, 0.15) is 18.0 Å². The molecule has 0 aromatic heterocycles. The van der Waals surface area contributed by atoms with Crippen molar-refractivity contribution in [1.29, 1.82) is 0 Å². The van der Waals surface area contributed by atoms with Crippen molar-refractivity contribution in [2.75, 3.05) is 6.54 Å². The first-order chi connectivity index (χ1) is 9.45. The molecule has 0 radical (unpaired) electrons. The Labute approximate surface area is 132 Å². The van der Waals surface area contributed by atoms with Gasteiger partial charge in [-0.25, -0.2) is 9.18 Å². The van der Waals surface area contributed by atoms with E-state index < -0.39 is 18.0 Å². The first-order valence-corrected chi connectivity index (χ1v) is 7.89. The number of hydrogen-bond donors (Lipinski definition) is 4. The SMILES string of the molecule is O=C(NC1CCC(Cl)C(Cl)C1)NC1NCC(F)C(Cl)N1. The van der Waals surface area contributed by atoms with Crippen LogP contribution >= 0.6 is 34.8 Å². The van der Waals surface area contributed by atoms with Gasteiger partial charge in [-0.05, 0) is 19.3 Å². The highest BCUT2D eigenvalue weighted by molar-refractivity contribution is 6.30. The Morgan fingerprint density at radius 2 is 1.90 bits per heavy atom. The number of urea groups is 1. The van der Waals surface area contributed by atoms with Gasteiger partial charge in [0.05, 0.1) is 10.8 Å². The van der Waals surface area contributed by atoms with Crippen molar-refractivity contribution < 1.29 is 9.18 Å². The Balaban J connectivity index is 1.73. The number of amides is 2. The summed E-state index contributed by atoms with van der Waals surface area (Å²) in [4.78, 5) is 11.8. The number of halogens is 4. The van der Waals surface area contributed by atoms with Crippen molar-refractivity contribution in [3.8, 4) is 0 Å². The maximum Gasteiger partial charge on any atom is 0.317 e. The predicted molar refractivity (Wildman–Crippen MR) is 78.1 cm³/mol. The van der Waals surface area contributed by atoms with E-state index >= 15 is 0 Å². The summed E-state index contributed by atoms with van der Waals surface area (Å²) < 4.78 is 13.1. The van der Waals surface area contributed by atoms with Gasteiger partial charge in [-0.3, -0.25) is 10.6 Å². The fourth-order valence-corrected chi connectivity index (χ4v) is 3.10. The van der Waals surface area contributed by atoms with Crippen molar-refractivity contribution in [1.82, 2.24) is 21.3 Å². The topological polar surface area (TPSA) is 65.2 Å². The summed E-state index contributed by atoms with van der Waals surface area (Å²) in [6.45, 7) is 0.0905. The number of alkyl halides is 4. The van der Waals surface area contributed by atoms with E-state index in [1.807, 2.05) is 0 Å². The summed E-state index contributed by atoms with van der Waals surface area (Å²) in [5.41, 5.74) is -0.819. The van der Waals surface area contributed by atoms with E-state index in [4.69, 9.17) is 34.8 Å². The molecule has 0 bridgehead atoms. The summed E-state index contributed by atoms with van der Waals surface area (Å²) in [5, 5.41) is 10.8. The molecule has 2 rings (SSSR count). The standard InChI is InChI=1S/C11H18Cl3FN4O/c12-6-2-1-5(3-7(6)13)17-11(20)19-10-16-4-8(15)9(14)18-10/h5-10,16,18H,1-4H2,(H2,17,19,20). The van der Waals surface area contributed by atoms with Gasteiger partial charge in [-0.15, -0.1) is 34.8 Å². The summed E-state index contributed by atoms with van der Waals surface area (Å²) >= 11 is 17.9. The molecular formula is C11H18Cl3FN4O. The Hall–Kier alpha value is -0.0100. The van der Waals surface area contributed by atoms with Gasteiger partial charge in [-0.2, -0.15) is 0 Å². The molecule has 1 saturated carbocycles. The normalized spacial score (nSPS) is 42.0. The molecule has 116 valence electrons. The molecule has 9 heteroatoms. The lowest BCUT2D eigenvalue weighted by molar-refractivity contribution is 0.181. The molecule has 0 aromatic rings. The Kier molecular flexibility index (Phi) is 5.98. The van der Waals surface area contributed by atoms with Crippen molar-refractivity contribution in [2.24, 2.45) is 0 Å². The predicted octanol–water partition coefficient (Wildman–Crippen LogP) is 1.43. The Bertz CT molecular complexity index is 322. The molecule has 2 amide bonds. The van der Waals surface area contributed by atoms with Crippen molar-refractivity contribution in [3.63, 3.8) is 0 Å². The van der Waals surface area contributed by atoms with Crippen LogP contribution in [0.25, 0.3) is 0 Å². The van der Waals surface area contributed by atoms with Gasteiger partial charge in [0.25, 0.3) is 0 Å². The average molecular weight is 348 g/mol. The third kappa shape index (κ3) is 4.49. The molecule has 0 spiro atoms. The highest BCUT2D eigenvalue weighted by atomic mass is 35.5. The van der Waals surface area contributed by atoms with E-state index in [0.29, 0.717) is 6.42 Å². The zero-order valence-electron chi connectivity index (χ0n) is 10.7. The number of hydrogen-bond acceptors (Lipinski definition) is 3. The van der Waals surface area contributed by atoms with Crippen LogP contribution in [0.5, 0.6) is 0 Å². The smallest absolute Gasteiger partial charge is 0.317 e. The molecule has 20 heavy (non-hydrogen) atoms. The van der Waals surface area contributed by atoms with Crippen LogP contribution in [-0.2, 0) is 0 Å². The lowest BCUT2D eigenvalue weighted by Gasteiger charge is -2.33. The number of rotatable bonds is 2. The second kappa shape index (κ2) is 7.31. The molecule has 6 atom stereocenters. The minimum absolute atomic E-state index is 0.00295. The minimum Gasteiger partial charge on any atom is -0.335 e. The summed E-state index contributed by atoms with van der Waals surface area (Å²) in [5.74, 6) is 0. The second-order valence-electron chi connectivity index (χ2n) is 5.09. The van der Waals surface area contributed by atoms with Crippen LogP contribution in [0.15, 0.2) is 0 Å². The lowest BCUT2D eigenvalue weighted by atomic mass is 9.95. The average Bonchev–Trinajstić information content (AvgIpc) is 2.38. The quantitative estimate of drug-likeness (QED) is 0.451. The van der Waals surface area contributed by atoms with Gasteiger partial charge in [0.2, 0.25) is 0 Å². The van der Waals surface area contributed by atoms with Gasteiger partial charge in [0, 0.05) is 12.6 Å². The summed E-state index contributed by atoms with van der Waals surface area (Å²) in [6, 6.07) is -0.352. The van der Waals surface area contributed by atoms with Crippen LogP contribution in [0.4, 0.5) is 9.18 Å². The Morgan fingerprint density at radius 1 is 1.15 bits per heavy atom. The number of carbonyl (C=O) groups is 1. The van der Waals surface area contributed by atoms with Crippen molar-refractivity contribution >= 4 is 40.8 Å². The largest absolute Gasteiger partial charge is 0.335 e. The van der Waals surface area contributed by atoms with Crippen molar-refractivity contribution in [3.05, 3.63) is 0 Å². The molecule has 1 aliphatic carbocycles. The van der Waals surface area contributed by atoms with Crippen LogP contribution in [-0.4, -0.2) is 47.3 Å². The second-order valence-corrected chi connectivity index (χ2v) is 6.68. The molecular weight excluding hydrogens is 330 g/mol. The first-order valence-electron chi connectivity index (χ1n) is 6.58. The van der Waals surface area contributed by atoms with E-state index in [9.17, 15) is 9.18 Å². The van der Waals surface area contributed by atoms with Gasteiger partial charge < -0.3 is 10.6 Å². The van der Waals surface area contributed by atoms with Crippen molar-refractivity contribution in [2.45, 2.75) is 54.0 Å². The van der Waals surface area contributed by atoms with Gasteiger partial charge in [-0.1, -0.05) is 0 Å². The maximum atomic E-state index is 13.1. The molecule has 4 N–H and O–H groups in total. The summed E-state index contributed by atoms with van der Waals surface area (Å²) in [6.07, 6.45) is 0.461. The highest BCUT2D eigenvalue weighted by Gasteiger charge is 2.31. The third-order valence-electron chi connectivity index (χ3n) is 3.46. The maximum absolute atomic E-state index is 13.1. The first kappa shape index (κ1) is 16.4. The monoisotopic (exact) mass is 346 g/mol. The van der Waals surface area contributed by atoms with Crippen LogP contribution < -0.4 is 21.3 Å². The minimum atomic E-state index is -1.19. The summed E-state index contributed by atoms with van der Waals surface area (Å²) in [7, 11) is 0. The van der Waals surface area contributed by atoms with Crippen LogP contribution in [0.1, 0.15) is 19.3 Å². The van der Waals surface area contributed by atoms with Crippen LogP contribution in [0, 0.1) is 0 Å². The van der Waals surface area contributed by atoms with E-state index in [1.165, 1.54) is 0 Å². The van der Waals surface area contributed by atoms with Gasteiger partial charge >= 0.3 is 6.03 Å². The van der Waals surface area contributed by atoms with E-state index in [1.54, 1.807) is 0 Å². The highest BCUT2D eigenvalue weighted by Crippen LogP contribution is 2.27. The fourth-order valence-electron chi connectivity index (χ4n) is 2.32. The number of nitrogens with one attached hydrogen (secondary N) is 4. The Morgan fingerprint density at radius 3 is 2.55 bits per heavy atom. The zero-order chi connectivity index (χ0) is 14.7. The van der Waals surface area contributed by atoms with E-state index in [0.717, 1.165) is 12.8 Å². The van der Waals surface area contributed by atoms with Crippen LogP contribution in [0.2, 0.25) is 0 Å². The molecule has 1 heterocycles. The zero-order valence-corrected chi connectivity index (χ0v) is 13.0. The molecule has 6 unspecified atom stereocenters. The van der Waals surface area contributed by atoms with E-state index in [-0.39, 0.29) is 29.4 Å². The molecule has 0 aromatic carbocycles. The number of carbonyl (C=O) groups excluding carboxylic acids is 1. The molecule has 1 saturated heterocycles. The molecule has 1 aliphatic heterocycles. The van der Waals surface area contributed by atoms with Gasteiger partial charge in [0.15, 0.2) is 0 Å². The fraction of sp³-hybridized carbons (Fsp3) is 0.909. The molecule has 2 fully saturated rings. The molecule has 5 nitrogen and oxygen atoms in total. The molecule has 2 aliphatic rings. The lowest BCUT2D eigenvalue weighted by Crippen LogP contribution is -2.66. The van der Waals surface area contributed by atoms with Crippen LogP contribution in [0.3, 0.4) is 0 Å².